The van der Waals surface area contributed by atoms with Crippen LogP contribution in [0.4, 0.5) is 11.4 Å². The summed E-state index contributed by atoms with van der Waals surface area (Å²) in [5.41, 5.74) is 2.10. The minimum Gasteiger partial charge on any atom is -0.372 e. The average molecular weight is 332 g/mol. The Hall–Kier alpha value is -1.55. The molecule has 1 aliphatic heterocycles. The van der Waals surface area contributed by atoms with Crippen molar-refractivity contribution in [2.45, 2.75) is 58.9 Å². The Balaban J connectivity index is 1.81. The first-order valence-electron chi connectivity index (χ1n) is 9.56. The largest absolute Gasteiger partial charge is 0.372 e. The molecular formula is C20H33N3O. The molecule has 4 nitrogen and oxygen atoms in total. The van der Waals surface area contributed by atoms with Gasteiger partial charge in [-0.25, -0.2) is 0 Å². The number of benzene rings is 1. The second-order valence-electron chi connectivity index (χ2n) is 6.61. The molecule has 0 aromatic heterocycles. The van der Waals surface area contributed by atoms with Gasteiger partial charge in [-0.05, 0) is 63.9 Å². The van der Waals surface area contributed by atoms with E-state index in [9.17, 15) is 4.79 Å². The van der Waals surface area contributed by atoms with Gasteiger partial charge in [-0.3, -0.25) is 9.69 Å². The normalized spacial score (nSPS) is 18.4. The first-order valence-corrected chi connectivity index (χ1v) is 9.56. The predicted octanol–water partition coefficient (Wildman–Crippen LogP) is 4.13. The Kier molecular flexibility index (Phi) is 7.57. The van der Waals surface area contributed by atoms with Gasteiger partial charge in [0.2, 0.25) is 5.91 Å². The fraction of sp³-hybridized carbons (Fsp3) is 0.650. The summed E-state index contributed by atoms with van der Waals surface area (Å²) in [6.45, 7) is 10.6. The van der Waals surface area contributed by atoms with Crippen LogP contribution in [0.25, 0.3) is 0 Å². The van der Waals surface area contributed by atoms with Crippen LogP contribution in [0.3, 0.4) is 0 Å². The minimum atomic E-state index is 0.117. The van der Waals surface area contributed by atoms with Gasteiger partial charge in [-0.2, -0.15) is 0 Å². The maximum absolute atomic E-state index is 12.2. The zero-order valence-corrected chi connectivity index (χ0v) is 15.6. The van der Waals surface area contributed by atoms with Crippen molar-refractivity contribution in [3.8, 4) is 0 Å². The molecule has 1 fully saturated rings. The van der Waals surface area contributed by atoms with E-state index in [0.717, 1.165) is 31.9 Å². The predicted molar refractivity (Wildman–Crippen MR) is 103 cm³/mol. The Morgan fingerprint density at radius 2 is 1.88 bits per heavy atom. The summed E-state index contributed by atoms with van der Waals surface area (Å²) < 4.78 is 0. The summed E-state index contributed by atoms with van der Waals surface area (Å²) in [5, 5.41) is 3.03. The molecule has 1 saturated heterocycles. The van der Waals surface area contributed by atoms with E-state index in [4.69, 9.17) is 0 Å². The number of nitrogens with zero attached hydrogens (tertiary/aromatic N) is 2. The SMILES string of the molecule is CCC1CCCCN1CCC(=O)Nc1ccc(N(CC)CC)cc1. The second kappa shape index (κ2) is 9.67. The summed E-state index contributed by atoms with van der Waals surface area (Å²) >= 11 is 0. The van der Waals surface area contributed by atoms with Gasteiger partial charge in [0.1, 0.15) is 0 Å². The fourth-order valence-corrected chi connectivity index (χ4v) is 3.63. The van der Waals surface area contributed by atoms with E-state index >= 15 is 0 Å². The van der Waals surface area contributed by atoms with Gasteiger partial charge in [0.25, 0.3) is 0 Å². The molecule has 1 N–H and O–H groups in total. The standard InChI is InChI=1S/C20H33N3O/c1-4-18-9-7-8-15-23(18)16-14-20(24)21-17-10-12-19(13-11-17)22(5-2)6-3/h10-13,18H,4-9,14-16H2,1-3H3,(H,21,24). The van der Waals surface area contributed by atoms with Gasteiger partial charge < -0.3 is 10.2 Å². The third-order valence-corrected chi connectivity index (χ3v) is 5.13. The molecule has 0 saturated carbocycles. The smallest absolute Gasteiger partial charge is 0.225 e. The van der Waals surface area contributed by atoms with E-state index < -0.39 is 0 Å². The maximum Gasteiger partial charge on any atom is 0.225 e. The van der Waals surface area contributed by atoms with E-state index in [0.29, 0.717) is 12.5 Å². The molecule has 1 aromatic rings. The van der Waals surface area contributed by atoms with Crippen molar-refractivity contribution in [3.63, 3.8) is 0 Å². The lowest BCUT2D eigenvalue weighted by Gasteiger charge is -2.35. The van der Waals surface area contributed by atoms with Crippen LogP contribution in [-0.2, 0) is 4.79 Å². The molecule has 1 atom stereocenters. The van der Waals surface area contributed by atoms with Crippen LogP contribution in [0, 0.1) is 0 Å². The molecule has 2 rings (SSSR count). The van der Waals surface area contributed by atoms with Crippen molar-refractivity contribution in [2.75, 3.05) is 36.4 Å². The van der Waals surface area contributed by atoms with Gasteiger partial charge in [0.15, 0.2) is 0 Å². The van der Waals surface area contributed by atoms with Crippen LogP contribution in [0.1, 0.15) is 52.9 Å². The number of carbonyl (C=O) groups excluding carboxylic acids is 1. The highest BCUT2D eigenvalue weighted by atomic mass is 16.1. The Bertz CT molecular complexity index is 496. The summed E-state index contributed by atoms with van der Waals surface area (Å²) in [5.74, 6) is 0.117. The molecule has 1 aromatic carbocycles. The molecule has 1 unspecified atom stereocenters. The zero-order valence-electron chi connectivity index (χ0n) is 15.6. The highest BCUT2D eigenvalue weighted by molar-refractivity contribution is 5.91. The molecule has 0 spiro atoms. The molecular weight excluding hydrogens is 298 g/mol. The van der Waals surface area contributed by atoms with E-state index in [1.807, 2.05) is 12.1 Å². The third-order valence-electron chi connectivity index (χ3n) is 5.13. The van der Waals surface area contributed by atoms with Crippen molar-refractivity contribution < 1.29 is 4.79 Å². The molecule has 0 bridgehead atoms. The number of hydrogen-bond acceptors (Lipinski definition) is 3. The molecule has 0 aliphatic carbocycles. The number of nitrogens with one attached hydrogen (secondary N) is 1. The van der Waals surface area contributed by atoms with Crippen molar-refractivity contribution in [1.29, 1.82) is 0 Å². The van der Waals surface area contributed by atoms with Crippen molar-refractivity contribution in [2.24, 2.45) is 0 Å². The van der Waals surface area contributed by atoms with E-state index in [1.54, 1.807) is 0 Å². The lowest BCUT2D eigenvalue weighted by molar-refractivity contribution is -0.116. The highest BCUT2D eigenvalue weighted by Crippen LogP contribution is 2.20. The second-order valence-corrected chi connectivity index (χ2v) is 6.61. The van der Waals surface area contributed by atoms with Crippen LogP contribution in [-0.4, -0.2) is 43.0 Å². The van der Waals surface area contributed by atoms with Gasteiger partial charge >= 0.3 is 0 Å². The van der Waals surface area contributed by atoms with Gasteiger partial charge in [-0.15, -0.1) is 0 Å². The third kappa shape index (κ3) is 5.23. The summed E-state index contributed by atoms with van der Waals surface area (Å²) in [6.07, 6.45) is 5.65. The topological polar surface area (TPSA) is 35.6 Å². The van der Waals surface area contributed by atoms with E-state index in [-0.39, 0.29) is 5.91 Å². The highest BCUT2D eigenvalue weighted by Gasteiger charge is 2.20. The summed E-state index contributed by atoms with van der Waals surface area (Å²) in [4.78, 5) is 17.0. The fourth-order valence-electron chi connectivity index (χ4n) is 3.63. The number of hydrogen-bond donors (Lipinski definition) is 1. The number of anilines is 2. The summed E-state index contributed by atoms with van der Waals surface area (Å²) in [7, 11) is 0. The van der Waals surface area contributed by atoms with E-state index in [1.165, 1.54) is 31.4 Å². The van der Waals surface area contributed by atoms with Crippen molar-refractivity contribution in [1.82, 2.24) is 4.90 Å². The number of amides is 1. The molecule has 1 amide bonds. The molecule has 4 heteroatoms. The van der Waals surface area contributed by atoms with Crippen molar-refractivity contribution >= 4 is 17.3 Å². The maximum atomic E-state index is 12.2. The molecule has 1 heterocycles. The lowest BCUT2D eigenvalue weighted by Crippen LogP contribution is -2.40. The van der Waals surface area contributed by atoms with Crippen LogP contribution < -0.4 is 10.2 Å². The molecule has 24 heavy (non-hydrogen) atoms. The molecule has 0 radical (unpaired) electrons. The van der Waals surface area contributed by atoms with Gasteiger partial charge in [0, 0.05) is 43.5 Å². The Morgan fingerprint density at radius 1 is 1.17 bits per heavy atom. The summed E-state index contributed by atoms with van der Waals surface area (Å²) in [6, 6.07) is 8.84. The van der Waals surface area contributed by atoms with Crippen LogP contribution in [0.5, 0.6) is 0 Å². The monoisotopic (exact) mass is 331 g/mol. The average Bonchev–Trinajstić information content (AvgIpc) is 2.62. The minimum absolute atomic E-state index is 0.117. The molecule has 1 aliphatic rings. The van der Waals surface area contributed by atoms with Crippen LogP contribution >= 0.6 is 0 Å². The Labute approximate surface area is 147 Å². The molecule has 134 valence electrons. The quantitative estimate of drug-likeness (QED) is 0.778. The van der Waals surface area contributed by atoms with Gasteiger partial charge in [0.05, 0.1) is 0 Å². The first kappa shape index (κ1) is 18.8. The van der Waals surface area contributed by atoms with Crippen molar-refractivity contribution in [3.05, 3.63) is 24.3 Å². The number of rotatable bonds is 8. The zero-order chi connectivity index (χ0) is 17.4. The van der Waals surface area contributed by atoms with Crippen LogP contribution in [0.2, 0.25) is 0 Å². The van der Waals surface area contributed by atoms with E-state index in [2.05, 4.69) is 48.0 Å². The first-order chi connectivity index (χ1) is 11.7. The van der Waals surface area contributed by atoms with Crippen LogP contribution in [0.15, 0.2) is 24.3 Å². The number of piperidine rings is 1. The lowest BCUT2D eigenvalue weighted by atomic mass is 10.00. The Morgan fingerprint density at radius 3 is 2.50 bits per heavy atom. The van der Waals surface area contributed by atoms with Gasteiger partial charge in [-0.1, -0.05) is 13.3 Å². The number of likely N-dealkylation sites (tertiary alicyclic amines) is 1. The number of carbonyl (C=O) groups is 1.